The maximum atomic E-state index is 13.2. The number of hydrogen-bond donors (Lipinski definition) is 2. The highest BCUT2D eigenvalue weighted by atomic mass is 19.4. The van der Waals surface area contributed by atoms with Crippen molar-refractivity contribution in [2.45, 2.75) is 19.2 Å². The summed E-state index contributed by atoms with van der Waals surface area (Å²) in [4.78, 5) is 46.0. The van der Waals surface area contributed by atoms with Gasteiger partial charge in [-0.15, -0.1) is 0 Å². The average molecular weight is 469 g/mol. The van der Waals surface area contributed by atoms with Crippen LogP contribution in [0.5, 0.6) is 5.75 Å². The molecule has 1 atom stereocenters. The van der Waals surface area contributed by atoms with Crippen LogP contribution in [0.3, 0.4) is 0 Å². The number of alkyl halides is 3. The Morgan fingerprint density at radius 1 is 1.15 bits per heavy atom. The second kappa shape index (κ2) is 10.4. The van der Waals surface area contributed by atoms with Crippen LogP contribution in [0, 0.1) is 10.1 Å². The van der Waals surface area contributed by atoms with Crippen molar-refractivity contribution in [2.24, 2.45) is 0 Å². The summed E-state index contributed by atoms with van der Waals surface area (Å²) >= 11 is 0. The Balaban J connectivity index is 2.00. The van der Waals surface area contributed by atoms with Gasteiger partial charge in [0, 0.05) is 12.1 Å². The lowest BCUT2D eigenvalue weighted by molar-refractivity contribution is -0.385. The maximum absolute atomic E-state index is 13.2. The van der Waals surface area contributed by atoms with E-state index in [2.05, 4.69) is 5.32 Å². The van der Waals surface area contributed by atoms with Crippen molar-refractivity contribution < 1.29 is 42.0 Å². The first-order chi connectivity index (χ1) is 15.4. The number of nitro groups is 1. The molecule has 10 nitrogen and oxygen atoms in total. The fraction of sp³-hybridized carbons (Fsp3) is 0.250. The number of carbonyl (C=O) groups excluding carboxylic acids is 3. The number of amides is 2. The van der Waals surface area contributed by atoms with E-state index in [4.69, 9.17) is 9.47 Å². The molecule has 1 unspecified atom stereocenters. The van der Waals surface area contributed by atoms with E-state index in [1.165, 1.54) is 19.2 Å². The molecule has 0 saturated heterocycles. The minimum absolute atomic E-state index is 0.149. The number of nitro benzene ring substituents is 1. The summed E-state index contributed by atoms with van der Waals surface area (Å²) in [6, 6.07) is 8.00. The predicted octanol–water partition coefficient (Wildman–Crippen LogP) is 2.92. The Kier molecular flexibility index (Phi) is 7.94. The van der Waals surface area contributed by atoms with Crippen molar-refractivity contribution >= 4 is 29.2 Å². The van der Waals surface area contributed by atoms with E-state index in [0.29, 0.717) is 0 Å². The minimum Gasteiger partial charge on any atom is -0.496 e. The Bertz CT molecular complexity index is 1070. The zero-order chi connectivity index (χ0) is 24.8. The van der Waals surface area contributed by atoms with Crippen molar-refractivity contribution in [1.29, 1.82) is 0 Å². The first-order valence-electron chi connectivity index (χ1n) is 9.21. The highest BCUT2D eigenvalue weighted by molar-refractivity contribution is 5.99. The van der Waals surface area contributed by atoms with Gasteiger partial charge in [0.25, 0.3) is 17.5 Å². The quantitative estimate of drug-likeness (QED) is 0.345. The van der Waals surface area contributed by atoms with Crippen LogP contribution in [0.2, 0.25) is 0 Å². The van der Waals surface area contributed by atoms with Crippen molar-refractivity contribution in [2.75, 3.05) is 19.0 Å². The van der Waals surface area contributed by atoms with Crippen LogP contribution in [0.1, 0.15) is 22.8 Å². The van der Waals surface area contributed by atoms with Gasteiger partial charge in [-0.25, -0.2) is 0 Å². The first-order valence-corrected chi connectivity index (χ1v) is 9.21. The number of anilines is 1. The third kappa shape index (κ3) is 6.66. The van der Waals surface area contributed by atoms with Gasteiger partial charge in [0.15, 0.2) is 6.10 Å². The number of methoxy groups -OCH3 is 1. The van der Waals surface area contributed by atoms with E-state index in [-0.39, 0.29) is 17.4 Å². The molecule has 0 aliphatic carbocycles. The molecule has 2 N–H and O–H groups in total. The van der Waals surface area contributed by atoms with E-state index >= 15 is 0 Å². The number of ether oxygens (including phenoxy) is 2. The lowest BCUT2D eigenvalue weighted by Gasteiger charge is -2.17. The summed E-state index contributed by atoms with van der Waals surface area (Å²) in [5, 5.41) is 14.9. The fourth-order valence-corrected chi connectivity index (χ4v) is 2.60. The van der Waals surface area contributed by atoms with E-state index in [0.717, 1.165) is 19.1 Å². The van der Waals surface area contributed by atoms with Crippen LogP contribution in [-0.2, 0) is 20.5 Å². The summed E-state index contributed by atoms with van der Waals surface area (Å²) in [5.74, 6) is -2.53. The maximum Gasteiger partial charge on any atom is 0.418 e. The molecule has 176 valence electrons. The molecular weight excluding hydrogens is 451 g/mol. The van der Waals surface area contributed by atoms with Crippen LogP contribution in [0.4, 0.5) is 24.5 Å². The van der Waals surface area contributed by atoms with Gasteiger partial charge in [-0.05, 0) is 25.1 Å². The molecular formula is C20H18F3N3O7. The number of esters is 1. The summed E-state index contributed by atoms with van der Waals surface area (Å²) in [5.41, 5.74) is -2.85. The molecule has 13 heteroatoms. The third-order valence-corrected chi connectivity index (χ3v) is 4.20. The van der Waals surface area contributed by atoms with E-state index < -0.39 is 58.5 Å². The number of halogens is 3. The first kappa shape index (κ1) is 25.1. The fourth-order valence-electron chi connectivity index (χ4n) is 2.60. The molecule has 33 heavy (non-hydrogen) atoms. The lowest BCUT2D eigenvalue weighted by Crippen LogP contribution is -2.36. The molecule has 2 amide bonds. The molecule has 2 aromatic carbocycles. The van der Waals surface area contributed by atoms with Crippen molar-refractivity contribution in [3.05, 3.63) is 63.7 Å². The SMILES string of the molecule is COc1ccccc1C(=O)NCC(=O)OC(C)C(=O)Nc1ccc([N+](=O)[O-])cc1C(F)(F)F. The number of nitrogens with zero attached hydrogens (tertiary/aromatic N) is 1. The molecule has 2 aromatic rings. The number of rotatable bonds is 8. The molecule has 0 aliphatic heterocycles. The number of benzene rings is 2. The van der Waals surface area contributed by atoms with Gasteiger partial charge in [0.2, 0.25) is 0 Å². The van der Waals surface area contributed by atoms with Crippen LogP contribution in [-0.4, -0.2) is 42.5 Å². The van der Waals surface area contributed by atoms with Gasteiger partial charge in [-0.3, -0.25) is 24.5 Å². The monoisotopic (exact) mass is 469 g/mol. The topological polar surface area (TPSA) is 137 Å². The summed E-state index contributed by atoms with van der Waals surface area (Å²) in [6.45, 7) is 0.480. The number of para-hydroxylation sites is 1. The van der Waals surface area contributed by atoms with E-state index in [9.17, 15) is 37.7 Å². The number of nitrogens with one attached hydrogen (secondary N) is 2. The zero-order valence-corrected chi connectivity index (χ0v) is 17.3. The van der Waals surface area contributed by atoms with Gasteiger partial charge in [0.05, 0.1) is 28.8 Å². The molecule has 0 bridgehead atoms. The van der Waals surface area contributed by atoms with Crippen LogP contribution < -0.4 is 15.4 Å². The van der Waals surface area contributed by atoms with Gasteiger partial charge in [-0.1, -0.05) is 12.1 Å². The molecule has 2 rings (SSSR count). The smallest absolute Gasteiger partial charge is 0.418 e. The summed E-state index contributed by atoms with van der Waals surface area (Å²) in [7, 11) is 1.36. The van der Waals surface area contributed by atoms with Crippen LogP contribution in [0.15, 0.2) is 42.5 Å². The van der Waals surface area contributed by atoms with Gasteiger partial charge in [0.1, 0.15) is 12.3 Å². The predicted molar refractivity (Wildman–Crippen MR) is 108 cm³/mol. The number of carbonyl (C=O) groups is 3. The van der Waals surface area contributed by atoms with Crippen molar-refractivity contribution in [3.63, 3.8) is 0 Å². The largest absolute Gasteiger partial charge is 0.496 e. The highest BCUT2D eigenvalue weighted by Crippen LogP contribution is 2.37. The normalized spacial score (nSPS) is 11.8. The average Bonchev–Trinajstić information content (AvgIpc) is 2.76. The second-order valence-corrected chi connectivity index (χ2v) is 6.49. The van der Waals surface area contributed by atoms with Crippen LogP contribution in [0.25, 0.3) is 0 Å². The van der Waals surface area contributed by atoms with Crippen LogP contribution >= 0.6 is 0 Å². The Labute approximate surface area is 184 Å². The number of hydrogen-bond acceptors (Lipinski definition) is 7. The highest BCUT2D eigenvalue weighted by Gasteiger charge is 2.36. The molecule has 0 aromatic heterocycles. The summed E-state index contributed by atoms with van der Waals surface area (Å²) < 4.78 is 49.5. The molecule has 0 spiro atoms. The second-order valence-electron chi connectivity index (χ2n) is 6.49. The lowest BCUT2D eigenvalue weighted by atomic mass is 10.1. The van der Waals surface area contributed by atoms with Gasteiger partial charge < -0.3 is 20.1 Å². The van der Waals surface area contributed by atoms with Crippen molar-refractivity contribution in [3.8, 4) is 5.75 Å². The molecule has 0 fully saturated rings. The van der Waals surface area contributed by atoms with E-state index in [1.54, 1.807) is 12.1 Å². The summed E-state index contributed by atoms with van der Waals surface area (Å²) in [6.07, 6.45) is -6.52. The number of non-ortho nitro benzene ring substituents is 1. The van der Waals surface area contributed by atoms with Gasteiger partial charge in [-0.2, -0.15) is 13.2 Å². The minimum atomic E-state index is -4.99. The molecule has 0 heterocycles. The van der Waals surface area contributed by atoms with Crippen molar-refractivity contribution in [1.82, 2.24) is 5.32 Å². The Morgan fingerprint density at radius 2 is 1.82 bits per heavy atom. The van der Waals surface area contributed by atoms with Gasteiger partial charge >= 0.3 is 12.1 Å². The molecule has 0 radical (unpaired) electrons. The Hall–Kier alpha value is -4.16. The third-order valence-electron chi connectivity index (χ3n) is 4.20. The molecule has 0 saturated carbocycles. The molecule has 0 aliphatic rings. The standard InChI is InChI=1S/C20H18F3N3O7/c1-11(33-17(27)10-24-19(29)13-5-3-4-6-16(13)32-2)18(28)25-15-8-7-12(26(30)31)9-14(15)20(21,22)23/h3-9,11H,10H2,1-2H3,(H,24,29)(H,25,28). The zero-order valence-electron chi connectivity index (χ0n) is 17.3. The van der Waals surface area contributed by atoms with E-state index in [1.807, 2.05) is 5.32 Å². The Morgan fingerprint density at radius 3 is 2.42 bits per heavy atom.